The third kappa shape index (κ3) is 8.32. The Labute approximate surface area is 316 Å². The highest BCUT2D eigenvalue weighted by Crippen LogP contribution is 2.37. The summed E-state index contributed by atoms with van der Waals surface area (Å²) in [6, 6.07) is -0.422. The molecule has 0 saturated carbocycles. The van der Waals surface area contributed by atoms with Crippen LogP contribution < -0.4 is 10.6 Å². The molecule has 0 aliphatic carbocycles. The number of esters is 1. The van der Waals surface area contributed by atoms with Gasteiger partial charge in [-0.15, -0.1) is 0 Å². The van der Waals surface area contributed by atoms with Crippen LogP contribution >= 0.6 is 0 Å². The summed E-state index contributed by atoms with van der Waals surface area (Å²) in [5, 5.41) is 55.1. The molecule has 0 bridgehead atoms. The number of aliphatic carboxylic acids is 2. The normalized spacial score (nSPS) is 29.5. The SMILES string of the molecule is C=CC1=C(C)/C(=C/C2=NC(Cc3[nH]c(/C=C4\NC(=O)C(C)=C4C=C)c(C)c3CCC(=O)O[C@H]3OC(C(=O)O)[C@@H](O)[C@@H](O)C3O)C(CCC(=O)O)C2C)NC1=O. The number of aliphatic imine (C=N–C) groups is 1. The maximum Gasteiger partial charge on any atom is 0.335 e. The first-order chi connectivity index (χ1) is 26.0. The molecule has 1 fully saturated rings. The van der Waals surface area contributed by atoms with Gasteiger partial charge in [0.25, 0.3) is 11.8 Å². The Balaban J connectivity index is 1.48. The zero-order valence-corrected chi connectivity index (χ0v) is 30.9. The number of amides is 2. The van der Waals surface area contributed by atoms with Gasteiger partial charge in [-0.3, -0.25) is 24.2 Å². The molecule has 5 rings (SSSR count). The summed E-state index contributed by atoms with van der Waals surface area (Å²) in [6.45, 7) is 14.8. The Morgan fingerprint density at radius 2 is 1.56 bits per heavy atom. The van der Waals surface area contributed by atoms with E-state index < -0.39 is 54.7 Å². The molecule has 4 aliphatic rings. The number of carbonyl (C=O) groups is 5. The van der Waals surface area contributed by atoms with Gasteiger partial charge in [0.05, 0.1) is 11.7 Å². The number of aromatic amines is 1. The fourth-order valence-corrected chi connectivity index (χ4v) is 7.47. The number of hydrogen-bond acceptors (Lipinski definition) is 11. The van der Waals surface area contributed by atoms with Crippen LogP contribution in [0.3, 0.4) is 0 Å². The van der Waals surface area contributed by atoms with Gasteiger partial charge in [0.2, 0.25) is 6.29 Å². The van der Waals surface area contributed by atoms with Crippen molar-refractivity contribution in [2.24, 2.45) is 16.8 Å². The Hall–Kier alpha value is -5.42. The summed E-state index contributed by atoms with van der Waals surface area (Å²) >= 11 is 0. The van der Waals surface area contributed by atoms with Gasteiger partial charge in [0, 0.05) is 64.7 Å². The molecule has 8 atom stereocenters. The summed E-state index contributed by atoms with van der Waals surface area (Å²) in [5.41, 5.74) is 6.75. The second-order valence-electron chi connectivity index (χ2n) is 14.1. The van der Waals surface area contributed by atoms with Crippen molar-refractivity contribution in [3.05, 3.63) is 87.6 Å². The lowest BCUT2D eigenvalue weighted by Gasteiger charge is -2.37. The minimum atomic E-state index is -1.95. The van der Waals surface area contributed by atoms with E-state index in [1.807, 2.05) is 13.8 Å². The maximum atomic E-state index is 13.1. The number of aliphatic hydroxyl groups is 3. The molecule has 0 aromatic carbocycles. The number of rotatable bonds is 14. The van der Waals surface area contributed by atoms with Gasteiger partial charge in [-0.25, -0.2) is 4.79 Å². The highest BCUT2D eigenvalue weighted by molar-refractivity contribution is 6.06. The summed E-state index contributed by atoms with van der Waals surface area (Å²) in [6.07, 6.45) is -2.71. The first kappa shape index (κ1) is 40.8. The van der Waals surface area contributed by atoms with Crippen molar-refractivity contribution < 1.29 is 59.0 Å². The number of carbonyl (C=O) groups excluding carboxylic acids is 3. The van der Waals surface area contributed by atoms with Crippen molar-refractivity contribution in [3.63, 3.8) is 0 Å². The average molecular weight is 763 g/mol. The van der Waals surface area contributed by atoms with Crippen LogP contribution in [0.15, 0.2) is 70.1 Å². The van der Waals surface area contributed by atoms with Crippen molar-refractivity contribution in [1.29, 1.82) is 0 Å². The van der Waals surface area contributed by atoms with Crippen LogP contribution in [0.25, 0.3) is 6.08 Å². The fraction of sp³-hybridized carbons (Fsp3) is 0.436. The molecule has 1 saturated heterocycles. The molecule has 5 unspecified atom stereocenters. The number of allylic oxidation sites excluding steroid dienone is 3. The van der Waals surface area contributed by atoms with Crippen molar-refractivity contribution in [2.45, 2.75) is 96.5 Å². The van der Waals surface area contributed by atoms with Crippen molar-refractivity contribution in [1.82, 2.24) is 15.6 Å². The minimum absolute atomic E-state index is 0.0780. The van der Waals surface area contributed by atoms with Crippen molar-refractivity contribution >= 4 is 41.5 Å². The number of carboxylic acid groups (broad SMARTS) is 2. The number of aliphatic hydroxyl groups excluding tert-OH is 3. The van der Waals surface area contributed by atoms with E-state index in [2.05, 4.69) is 28.8 Å². The summed E-state index contributed by atoms with van der Waals surface area (Å²) in [5.74, 6) is -4.42. The molecule has 0 spiro atoms. The lowest BCUT2D eigenvalue weighted by molar-refractivity contribution is -0.286. The van der Waals surface area contributed by atoms with Crippen LogP contribution in [0.4, 0.5) is 0 Å². The Bertz CT molecular complexity index is 1980. The molecule has 5 heterocycles. The number of nitrogens with one attached hydrogen (secondary N) is 3. The molecular weight excluding hydrogens is 716 g/mol. The summed E-state index contributed by atoms with van der Waals surface area (Å²) in [7, 11) is 0. The van der Waals surface area contributed by atoms with E-state index >= 15 is 0 Å². The second-order valence-corrected chi connectivity index (χ2v) is 14.1. The predicted octanol–water partition coefficient (Wildman–Crippen LogP) is 1.66. The molecule has 2 amide bonds. The van der Waals surface area contributed by atoms with Gasteiger partial charge in [0.1, 0.15) is 18.3 Å². The van der Waals surface area contributed by atoms with E-state index in [4.69, 9.17) is 14.5 Å². The molecule has 16 nitrogen and oxygen atoms in total. The van der Waals surface area contributed by atoms with E-state index in [-0.39, 0.29) is 42.9 Å². The number of H-pyrrole nitrogens is 1. The molecule has 55 heavy (non-hydrogen) atoms. The monoisotopic (exact) mass is 762 g/mol. The van der Waals surface area contributed by atoms with Gasteiger partial charge in [0.15, 0.2) is 6.10 Å². The van der Waals surface area contributed by atoms with E-state index in [1.165, 1.54) is 6.08 Å². The van der Waals surface area contributed by atoms with Crippen LogP contribution in [0.5, 0.6) is 0 Å². The summed E-state index contributed by atoms with van der Waals surface area (Å²) in [4.78, 5) is 69.8. The molecule has 4 aliphatic heterocycles. The maximum absolute atomic E-state index is 13.1. The van der Waals surface area contributed by atoms with Crippen LogP contribution in [0, 0.1) is 18.8 Å². The highest BCUT2D eigenvalue weighted by Gasteiger charge is 2.48. The third-order valence-corrected chi connectivity index (χ3v) is 10.7. The lowest BCUT2D eigenvalue weighted by atomic mass is 9.82. The fourth-order valence-electron chi connectivity index (χ4n) is 7.47. The van der Waals surface area contributed by atoms with E-state index in [0.29, 0.717) is 69.2 Å². The van der Waals surface area contributed by atoms with Crippen LogP contribution in [-0.2, 0) is 46.3 Å². The zero-order valence-electron chi connectivity index (χ0n) is 30.9. The Kier molecular flexibility index (Phi) is 12.2. The van der Waals surface area contributed by atoms with Gasteiger partial charge < -0.3 is 50.6 Å². The third-order valence-electron chi connectivity index (χ3n) is 10.7. The first-order valence-corrected chi connectivity index (χ1v) is 17.8. The standard InChI is InChI=1S/C39H46N4O12/c1-7-20-19(6)36(50)43-27(20)14-25-18(5)23(10-12-31(46)54-39-34(49)32(47)33(48)35(55-39)38(52)53)29(41-25)15-28-22(9-11-30(44)45)17(4)24(40-28)13-26-16(3)21(8-2)37(51)42-26/h7-8,13-14,17,22,28,32-35,39,41,47-49H,1-2,9-12,15H2,3-6H3,(H,42,51)(H,43,50)(H,44,45)(H,52,53)/b26-13-,27-14-/t17?,22?,28?,32-,33+,34?,35?,39+/m1/s1. The van der Waals surface area contributed by atoms with E-state index in [1.54, 1.807) is 32.1 Å². The minimum Gasteiger partial charge on any atom is -0.481 e. The van der Waals surface area contributed by atoms with Gasteiger partial charge in [-0.2, -0.15) is 0 Å². The number of carboxylic acids is 2. The van der Waals surface area contributed by atoms with Crippen LogP contribution in [0.1, 0.15) is 62.5 Å². The quantitative estimate of drug-likeness (QED) is 0.126. The number of nitrogens with zero attached hydrogens (tertiary/aromatic N) is 1. The first-order valence-electron chi connectivity index (χ1n) is 17.8. The second kappa shape index (κ2) is 16.5. The van der Waals surface area contributed by atoms with Crippen molar-refractivity contribution in [3.8, 4) is 0 Å². The molecule has 1 aromatic heterocycles. The predicted molar refractivity (Wildman–Crippen MR) is 197 cm³/mol. The number of ether oxygens (including phenoxy) is 2. The largest absolute Gasteiger partial charge is 0.481 e. The van der Waals surface area contributed by atoms with Crippen molar-refractivity contribution in [2.75, 3.05) is 0 Å². The number of aromatic nitrogens is 1. The van der Waals surface area contributed by atoms with E-state index in [9.17, 15) is 49.5 Å². The Morgan fingerprint density at radius 3 is 2.18 bits per heavy atom. The van der Waals surface area contributed by atoms with Crippen LogP contribution in [-0.4, -0.2) is 103 Å². The lowest BCUT2D eigenvalue weighted by Crippen LogP contribution is -2.60. The molecule has 8 N–H and O–H groups in total. The molecule has 0 radical (unpaired) electrons. The molecule has 1 aromatic rings. The molecule has 294 valence electrons. The summed E-state index contributed by atoms with van der Waals surface area (Å²) < 4.78 is 10.3. The topological polar surface area (TPSA) is 257 Å². The molecule has 16 heteroatoms. The highest BCUT2D eigenvalue weighted by atomic mass is 16.7. The van der Waals surface area contributed by atoms with Gasteiger partial charge >= 0.3 is 17.9 Å². The Morgan fingerprint density at radius 1 is 0.891 bits per heavy atom. The number of hydrogen-bond donors (Lipinski definition) is 8. The van der Waals surface area contributed by atoms with Crippen LogP contribution in [0.2, 0.25) is 0 Å². The smallest absolute Gasteiger partial charge is 0.335 e. The molecular formula is C39H46N4O12. The van der Waals surface area contributed by atoms with E-state index in [0.717, 1.165) is 5.56 Å². The van der Waals surface area contributed by atoms with Gasteiger partial charge in [-0.05, 0) is 68.4 Å². The van der Waals surface area contributed by atoms with Gasteiger partial charge in [-0.1, -0.05) is 32.2 Å². The zero-order chi connectivity index (χ0) is 40.5. The average Bonchev–Trinajstić information content (AvgIpc) is 3.78.